The van der Waals surface area contributed by atoms with E-state index in [2.05, 4.69) is 12.2 Å². The Hall–Kier alpha value is -1.86. The average Bonchev–Trinajstić information content (AvgIpc) is 3.16. The zero-order valence-electron chi connectivity index (χ0n) is 14.6. The van der Waals surface area contributed by atoms with Crippen LogP contribution in [0.1, 0.15) is 48.2 Å². The minimum Gasteiger partial charge on any atom is -0.444 e. The first-order valence-electron chi connectivity index (χ1n) is 8.36. The number of aryl methyl sites for hydroxylation is 1. The number of ether oxygens (including phenoxy) is 1. The van der Waals surface area contributed by atoms with Crippen LogP contribution in [-0.2, 0) is 24.2 Å². The average molecular weight is 376 g/mol. The van der Waals surface area contributed by atoms with Crippen molar-refractivity contribution >= 4 is 39.8 Å². The van der Waals surface area contributed by atoms with E-state index in [1.54, 1.807) is 27.6 Å². The van der Waals surface area contributed by atoms with Crippen molar-refractivity contribution in [3.63, 3.8) is 0 Å². The highest BCUT2D eigenvalue weighted by atomic mass is 32.1. The number of thiazole rings is 1. The summed E-state index contributed by atoms with van der Waals surface area (Å²) in [4.78, 5) is 21.4. The van der Waals surface area contributed by atoms with Gasteiger partial charge < -0.3 is 10.5 Å². The summed E-state index contributed by atoms with van der Waals surface area (Å²) in [5.41, 5.74) is 9.01. The summed E-state index contributed by atoms with van der Waals surface area (Å²) >= 11 is 3.28. The third-order valence-corrected chi connectivity index (χ3v) is 6.40. The van der Waals surface area contributed by atoms with Crippen LogP contribution in [0.4, 0.5) is 9.80 Å². The van der Waals surface area contributed by atoms with Gasteiger partial charge in [-0.05, 0) is 45.3 Å². The highest BCUT2D eigenvalue weighted by Gasteiger charge is 2.33. The van der Waals surface area contributed by atoms with Gasteiger partial charge in [0.15, 0.2) is 0 Å². The normalized spacial score (nSPS) is 16.0. The van der Waals surface area contributed by atoms with Gasteiger partial charge in [-0.2, -0.15) is 0 Å². The smallest absolute Gasteiger partial charge is 0.410 e. The highest BCUT2D eigenvalue weighted by Crippen LogP contribution is 2.45. The lowest BCUT2D eigenvalue weighted by atomic mass is 10.1. The molecule has 0 fully saturated rings. The number of carbonyl (C=O) groups is 1. The molecule has 3 heterocycles. The Bertz CT molecular complexity index is 874. The molecule has 2 N–H and O–H groups in total. The zero-order chi connectivity index (χ0) is 17.8. The topological polar surface area (TPSA) is 68.5 Å². The number of nitrogens with zero attached hydrogens (tertiary/aromatic N) is 2. The maximum absolute atomic E-state index is 12.4. The van der Waals surface area contributed by atoms with Gasteiger partial charge in [0.1, 0.15) is 10.6 Å². The fourth-order valence-electron chi connectivity index (χ4n) is 3.13. The van der Waals surface area contributed by atoms with Gasteiger partial charge >= 0.3 is 6.09 Å². The molecule has 2 aromatic heterocycles. The van der Waals surface area contributed by atoms with Gasteiger partial charge in [0, 0.05) is 15.3 Å². The van der Waals surface area contributed by atoms with E-state index in [1.165, 1.54) is 4.88 Å². The van der Waals surface area contributed by atoms with Crippen molar-refractivity contribution in [2.75, 3.05) is 5.73 Å². The lowest BCUT2D eigenvalue weighted by molar-refractivity contribution is 0.0243. The predicted octanol–water partition coefficient (Wildman–Crippen LogP) is 4.66. The molecule has 0 atom stereocenters. The number of allylic oxidation sites excluding steroid dienone is 1. The minimum atomic E-state index is -0.490. The molecule has 7 heteroatoms. The molecule has 1 aliphatic heterocycles. The Kier molecular flexibility index (Phi) is 3.88. The van der Waals surface area contributed by atoms with E-state index in [0.29, 0.717) is 13.1 Å². The number of rotatable bonds is 1. The van der Waals surface area contributed by atoms with Gasteiger partial charge in [0.2, 0.25) is 0 Å². The molecule has 5 nitrogen and oxygen atoms in total. The SMILES string of the molecule is CC(C)(C)OC(=O)N1Cc2sc(N)c(-c3nc4c(s3)CCC=C4)c2C1. The molecule has 0 spiro atoms. The van der Waals surface area contributed by atoms with E-state index in [4.69, 9.17) is 15.5 Å². The van der Waals surface area contributed by atoms with E-state index in [1.807, 2.05) is 20.8 Å². The third kappa shape index (κ3) is 3.06. The molecule has 4 rings (SSSR count). The van der Waals surface area contributed by atoms with E-state index in [-0.39, 0.29) is 6.09 Å². The molecular formula is C18H21N3O2S2. The number of nitrogen functional groups attached to an aromatic ring is 1. The van der Waals surface area contributed by atoms with Crippen molar-refractivity contribution in [1.29, 1.82) is 0 Å². The van der Waals surface area contributed by atoms with E-state index >= 15 is 0 Å². The molecule has 25 heavy (non-hydrogen) atoms. The number of amides is 1. The van der Waals surface area contributed by atoms with Crippen molar-refractivity contribution in [3.05, 3.63) is 27.1 Å². The standard InChI is InChI=1S/C18H21N3O2S2/c1-18(2,3)23-17(22)21-8-10-13(9-21)24-15(19)14(10)16-20-11-6-4-5-7-12(11)25-16/h4,6H,5,7-9,19H2,1-3H3. The summed E-state index contributed by atoms with van der Waals surface area (Å²) < 4.78 is 5.50. The molecule has 0 saturated carbocycles. The third-order valence-electron chi connectivity index (χ3n) is 4.21. The molecule has 2 aromatic rings. The molecule has 0 saturated heterocycles. The van der Waals surface area contributed by atoms with Crippen molar-refractivity contribution in [1.82, 2.24) is 9.88 Å². The van der Waals surface area contributed by atoms with Crippen LogP contribution in [0.15, 0.2) is 6.08 Å². The molecule has 132 valence electrons. The first-order valence-corrected chi connectivity index (χ1v) is 9.99. The first-order chi connectivity index (χ1) is 11.8. The summed E-state index contributed by atoms with van der Waals surface area (Å²) in [7, 11) is 0. The second kappa shape index (κ2) is 5.85. The van der Waals surface area contributed by atoms with E-state index < -0.39 is 5.60 Å². The Labute approximate surface area is 155 Å². The van der Waals surface area contributed by atoms with Crippen molar-refractivity contribution in [2.24, 2.45) is 0 Å². The lowest BCUT2D eigenvalue weighted by Gasteiger charge is -2.24. The second-order valence-electron chi connectivity index (χ2n) is 7.35. The maximum atomic E-state index is 12.4. The van der Waals surface area contributed by atoms with Crippen molar-refractivity contribution in [2.45, 2.75) is 52.3 Å². The number of carbonyl (C=O) groups excluding carboxylic acids is 1. The van der Waals surface area contributed by atoms with E-state index in [0.717, 1.165) is 44.5 Å². The van der Waals surface area contributed by atoms with Gasteiger partial charge in [-0.3, -0.25) is 4.90 Å². The maximum Gasteiger partial charge on any atom is 0.410 e. The number of hydrogen-bond donors (Lipinski definition) is 1. The van der Waals surface area contributed by atoms with Crippen molar-refractivity contribution in [3.8, 4) is 10.6 Å². The van der Waals surface area contributed by atoms with Crippen LogP contribution in [0, 0.1) is 0 Å². The number of thiophene rings is 1. The number of nitrogens with two attached hydrogens (primary N) is 1. The number of fused-ring (bicyclic) bond motifs is 2. The fourth-order valence-corrected chi connectivity index (χ4v) is 5.44. The largest absolute Gasteiger partial charge is 0.444 e. The summed E-state index contributed by atoms with van der Waals surface area (Å²) in [6, 6.07) is 0. The highest BCUT2D eigenvalue weighted by molar-refractivity contribution is 7.18. The summed E-state index contributed by atoms with van der Waals surface area (Å²) in [6.45, 7) is 6.74. The van der Waals surface area contributed by atoms with Crippen LogP contribution < -0.4 is 5.73 Å². The van der Waals surface area contributed by atoms with Crippen LogP contribution in [0.25, 0.3) is 16.6 Å². The lowest BCUT2D eigenvalue weighted by Crippen LogP contribution is -2.33. The second-order valence-corrected chi connectivity index (χ2v) is 9.57. The molecule has 1 aliphatic carbocycles. The fraction of sp³-hybridized carbons (Fsp3) is 0.444. The van der Waals surface area contributed by atoms with E-state index in [9.17, 15) is 4.79 Å². The summed E-state index contributed by atoms with van der Waals surface area (Å²) in [5, 5.41) is 1.77. The molecule has 0 bridgehead atoms. The monoisotopic (exact) mass is 375 g/mol. The molecule has 1 amide bonds. The molecule has 0 unspecified atom stereocenters. The van der Waals surface area contributed by atoms with Gasteiger partial charge in [-0.1, -0.05) is 6.08 Å². The van der Waals surface area contributed by atoms with Crippen LogP contribution in [0.3, 0.4) is 0 Å². The molecule has 2 aliphatic rings. The van der Waals surface area contributed by atoms with Crippen LogP contribution in [0.2, 0.25) is 0 Å². The Morgan fingerprint density at radius 2 is 2.08 bits per heavy atom. The number of anilines is 1. The van der Waals surface area contributed by atoms with Gasteiger partial charge in [0.05, 0.1) is 23.8 Å². The van der Waals surface area contributed by atoms with Crippen LogP contribution in [0.5, 0.6) is 0 Å². The van der Waals surface area contributed by atoms with Gasteiger partial charge in [-0.25, -0.2) is 9.78 Å². The minimum absolute atomic E-state index is 0.276. The van der Waals surface area contributed by atoms with Gasteiger partial charge in [0.25, 0.3) is 0 Å². The van der Waals surface area contributed by atoms with Gasteiger partial charge in [-0.15, -0.1) is 22.7 Å². The summed E-state index contributed by atoms with van der Waals surface area (Å²) in [5.74, 6) is 0. The molecule has 0 aromatic carbocycles. The molecular weight excluding hydrogens is 354 g/mol. The Morgan fingerprint density at radius 1 is 1.28 bits per heavy atom. The first kappa shape index (κ1) is 16.6. The Balaban J connectivity index is 1.63. The molecule has 0 radical (unpaired) electrons. The number of hydrogen-bond acceptors (Lipinski definition) is 6. The predicted molar refractivity (Wildman–Crippen MR) is 103 cm³/mol. The van der Waals surface area contributed by atoms with Crippen LogP contribution >= 0.6 is 22.7 Å². The Morgan fingerprint density at radius 3 is 2.80 bits per heavy atom. The van der Waals surface area contributed by atoms with Crippen molar-refractivity contribution < 1.29 is 9.53 Å². The quantitative estimate of drug-likeness (QED) is 0.787. The van der Waals surface area contributed by atoms with Crippen LogP contribution in [-0.4, -0.2) is 21.6 Å². The number of aromatic nitrogens is 1. The zero-order valence-corrected chi connectivity index (χ0v) is 16.2. The summed E-state index contributed by atoms with van der Waals surface area (Å²) in [6.07, 6.45) is 6.09.